The Hall–Kier alpha value is -1.63. The van der Waals surface area contributed by atoms with Gasteiger partial charge in [0, 0.05) is 18.4 Å². The molecule has 1 fully saturated rings. The van der Waals surface area contributed by atoms with E-state index in [0.717, 1.165) is 5.56 Å². The molecule has 7 nitrogen and oxygen atoms in total. The third kappa shape index (κ3) is 3.02. The standard InChI is InChI=1S/C14H19N3O4/c1-9-11(16-17-15)14(19,12(18)13(20-2)21-9)8-10-6-4-3-5-7-10/h3-7,9,11-13,18-19H,8H2,1-2H3/t9-,11-,12-,13+,14+/m1/s1. The molecule has 2 N–H and O–H groups in total. The second-order valence-corrected chi connectivity index (χ2v) is 5.19. The molecule has 1 aromatic rings. The largest absolute Gasteiger partial charge is 0.386 e. The van der Waals surface area contributed by atoms with Crippen LogP contribution in [0.25, 0.3) is 10.4 Å². The first kappa shape index (κ1) is 15.8. The molecular weight excluding hydrogens is 274 g/mol. The van der Waals surface area contributed by atoms with Gasteiger partial charge in [0.25, 0.3) is 0 Å². The van der Waals surface area contributed by atoms with Gasteiger partial charge in [-0.05, 0) is 18.0 Å². The van der Waals surface area contributed by atoms with Crippen LogP contribution in [0.2, 0.25) is 0 Å². The van der Waals surface area contributed by atoms with Gasteiger partial charge in [-0.3, -0.25) is 0 Å². The van der Waals surface area contributed by atoms with Crippen molar-refractivity contribution < 1.29 is 19.7 Å². The molecule has 1 aliphatic heterocycles. The Kier molecular flexibility index (Phi) is 4.82. The van der Waals surface area contributed by atoms with Crippen LogP contribution in [0.15, 0.2) is 35.4 Å². The van der Waals surface area contributed by atoms with E-state index < -0.39 is 30.1 Å². The monoisotopic (exact) mass is 293 g/mol. The summed E-state index contributed by atoms with van der Waals surface area (Å²) in [7, 11) is 1.39. The molecule has 0 unspecified atom stereocenters. The van der Waals surface area contributed by atoms with Crippen molar-refractivity contribution in [3.63, 3.8) is 0 Å². The number of nitrogens with zero attached hydrogens (tertiary/aromatic N) is 3. The molecule has 114 valence electrons. The molecule has 1 heterocycles. The Labute approximate surface area is 122 Å². The van der Waals surface area contributed by atoms with Gasteiger partial charge in [-0.25, -0.2) is 0 Å². The van der Waals surface area contributed by atoms with Crippen molar-refractivity contribution in [2.75, 3.05) is 7.11 Å². The Balaban J connectivity index is 2.38. The van der Waals surface area contributed by atoms with Crippen molar-refractivity contribution in [3.05, 3.63) is 46.3 Å². The Morgan fingerprint density at radius 3 is 2.67 bits per heavy atom. The molecule has 21 heavy (non-hydrogen) atoms. The highest BCUT2D eigenvalue weighted by molar-refractivity contribution is 5.20. The van der Waals surface area contributed by atoms with Crippen LogP contribution in [0, 0.1) is 0 Å². The van der Waals surface area contributed by atoms with Crippen molar-refractivity contribution in [2.24, 2.45) is 5.11 Å². The predicted molar refractivity (Wildman–Crippen MR) is 75.4 cm³/mol. The van der Waals surface area contributed by atoms with E-state index in [1.54, 1.807) is 6.92 Å². The third-order valence-corrected chi connectivity index (χ3v) is 3.81. The zero-order chi connectivity index (χ0) is 15.5. The van der Waals surface area contributed by atoms with Crippen molar-refractivity contribution in [2.45, 2.75) is 43.5 Å². The van der Waals surface area contributed by atoms with Crippen LogP contribution in [0.4, 0.5) is 0 Å². The first-order valence-corrected chi connectivity index (χ1v) is 6.69. The highest BCUT2D eigenvalue weighted by Crippen LogP contribution is 2.35. The van der Waals surface area contributed by atoms with Gasteiger partial charge < -0.3 is 19.7 Å². The molecule has 0 amide bonds. The molecule has 0 aromatic heterocycles. The lowest BCUT2D eigenvalue weighted by molar-refractivity contribution is -0.291. The molecule has 1 aliphatic rings. The molecule has 0 saturated carbocycles. The first-order valence-electron chi connectivity index (χ1n) is 6.69. The minimum Gasteiger partial charge on any atom is -0.386 e. The van der Waals surface area contributed by atoms with E-state index in [2.05, 4.69) is 10.0 Å². The van der Waals surface area contributed by atoms with Crippen molar-refractivity contribution in [1.29, 1.82) is 0 Å². The fourth-order valence-electron chi connectivity index (χ4n) is 2.74. The van der Waals surface area contributed by atoms with E-state index in [1.807, 2.05) is 30.3 Å². The Morgan fingerprint density at radius 1 is 1.43 bits per heavy atom. The smallest absolute Gasteiger partial charge is 0.186 e. The minimum atomic E-state index is -1.66. The van der Waals surface area contributed by atoms with E-state index in [1.165, 1.54) is 7.11 Å². The van der Waals surface area contributed by atoms with Gasteiger partial charge in [0.05, 0.1) is 12.1 Å². The van der Waals surface area contributed by atoms with E-state index in [-0.39, 0.29) is 6.42 Å². The third-order valence-electron chi connectivity index (χ3n) is 3.81. The van der Waals surface area contributed by atoms with Crippen molar-refractivity contribution in [1.82, 2.24) is 0 Å². The summed E-state index contributed by atoms with van der Waals surface area (Å²) in [4.78, 5) is 2.77. The molecular formula is C14H19N3O4. The summed E-state index contributed by atoms with van der Waals surface area (Å²) in [5, 5.41) is 25.0. The molecule has 1 aromatic carbocycles. The number of hydrogen-bond acceptors (Lipinski definition) is 5. The molecule has 0 bridgehead atoms. The Bertz CT molecular complexity index is 520. The lowest BCUT2D eigenvalue weighted by atomic mass is 9.78. The molecule has 2 rings (SSSR count). The van der Waals surface area contributed by atoms with Crippen LogP contribution in [-0.2, 0) is 15.9 Å². The van der Waals surface area contributed by atoms with Crippen LogP contribution in [-0.4, -0.2) is 47.5 Å². The number of ether oxygens (including phenoxy) is 2. The van der Waals surface area contributed by atoms with Crippen LogP contribution in [0.5, 0.6) is 0 Å². The topological polar surface area (TPSA) is 108 Å². The number of aliphatic hydroxyl groups is 2. The average Bonchev–Trinajstić information content (AvgIpc) is 2.49. The molecule has 7 heteroatoms. The summed E-state index contributed by atoms with van der Waals surface area (Å²) in [5.41, 5.74) is 7.88. The zero-order valence-electron chi connectivity index (χ0n) is 12.0. The highest BCUT2D eigenvalue weighted by atomic mass is 16.7. The number of azide groups is 1. The van der Waals surface area contributed by atoms with Gasteiger partial charge in [-0.15, -0.1) is 0 Å². The SMILES string of the molecule is CO[C@H]1O[C@H](C)[C@@H](N=[N+]=[N-])[C@@](O)(Cc2ccccc2)[C@@H]1O. The molecule has 0 aliphatic carbocycles. The maximum Gasteiger partial charge on any atom is 0.186 e. The quantitative estimate of drug-likeness (QED) is 0.497. The van der Waals surface area contributed by atoms with Gasteiger partial charge in [0.2, 0.25) is 0 Å². The van der Waals surface area contributed by atoms with E-state index in [9.17, 15) is 10.2 Å². The van der Waals surface area contributed by atoms with Gasteiger partial charge in [-0.2, -0.15) is 0 Å². The molecule has 0 radical (unpaired) electrons. The number of aliphatic hydroxyl groups excluding tert-OH is 1. The second kappa shape index (κ2) is 6.43. The van der Waals surface area contributed by atoms with E-state index in [0.29, 0.717) is 0 Å². The number of hydrogen-bond donors (Lipinski definition) is 2. The minimum absolute atomic E-state index is 0.131. The van der Waals surface area contributed by atoms with Crippen molar-refractivity contribution in [3.8, 4) is 0 Å². The van der Waals surface area contributed by atoms with E-state index >= 15 is 0 Å². The molecule has 0 spiro atoms. The zero-order valence-corrected chi connectivity index (χ0v) is 12.0. The van der Waals surface area contributed by atoms with Gasteiger partial charge in [0.15, 0.2) is 6.29 Å². The Morgan fingerprint density at radius 2 is 2.10 bits per heavy atom. The van der Waals surface area contributed by atoms with Gasteiger partial charge in [0.1, 0.15) is 11.7 Å². The lowest BCUT2D eigenvalue weighted by Crippen LogP contribution is -2.66. The lowest BCUT2D eigenvalue weighted by Gasteiger charge is -2.47. The fraction of sp³-hybridized carbons (Fsp3) is 0.571. The predicted octanol–water partition coefficient (Wildman–Crippen LogP) is 1.39. The second-order valence-electron chi connectivity index (χ2n) is 5.19. The summed E-state index contributed by atoms with van der Waals surface area (Å²) in [6.45, 7) is 1.67. The number of methoxy groups -OCH3 is 1. The van der Waals surface area contributed by atoms with E-state index in [4.69, 9.17) is 15.0 Å². The van der Waals surface area contributed by atoms with Gasteiger partial charge >= 0.3 is 0 Å². The first-order chi connectivity index (χ1) is 10.0. The van der Waals surface area contributed by atoms with Crippen molar-refractivity contribution >= 4 is 0 Å². The summed E-state index contributed by atoms with van der Waals surface area (Å²) < 4.78 is 10.5. The summed E-state index contributed by atoms with van der Waals surface area (Å²) >= 11 is 0. The van der Waals surface area contributed by atoms with Crippen LogP contribution in [0.1, 0.15) is 12.5 Å². The van der Waals surface area contributed by atoms with Crippen LogP contribution in [0.3, 0.4) is 0 Å². The highest BCUT2D eigenvalue weighted by Gasteiger charge is 2.54. The summed E-state index contributed by atoms with van der Waals surface area (Å²) in [6.07, 6.45) is -2.75. The average molecular weight is 293 g/mol. The summed E-state index contributed by atoms with van der Waals surface area (Å²) in [5.74, 6) is 0. The molecule has 1 saturated heterocycles. The summed E-state index contributed by atoms with van der Waals surface area (Å²) in [6, 6.07) is 8.29. The van der Waals surface area contributed by atoms with Crippen LogP contribution < -0.4 is 0 Å². The molecule has 5 atom stereocenters. The van der Waals surface area contributed by atoms with Gasteiger partial charge in [-0.1, -0.05) is 35.4 Å². The number of benzene rings is 1. The number of rotatable bonds is 4. The maximum atomic E-state index is 11.0. The fourth-order valence-corrected chi connectivity index (χ4v) is 2.74. The maximum absolute atomic E-state index is 11.0. The normalized spacial score (nSPS) is 36.0. The van der Waals surface area contributed by atoms with Crippen LogP contribution >= 0.6 is 0 Å².